The van der Waals surface area contributed by atoms with E-state index in [0.717, 1.165) is 37.1 Å². The van der Waals surface area contributed by atoms with Crippen molar-refractivity contribution in [2.75, 3.05) is 18.5 Å². The smallest absolute Gasteiger partial charge is 0.180 e. The normalized spacial score (nSPS) is 19.5. The maximum Gasteiger partial charge on any atom is 0.180 e. The van der Waals surface area contributed by atoms with Crippen LogP contribution in [-0.2, 0) is 9.47 Å². The largest absolute Gasteiger partial charge is 0.367 e. The molecule has 146 valence electrons. The van der Waals surface area contributed by atoms with Crippen molar-refractivity contribution in [2.24, 2.45) is 0 Å². The highest BCUT2D eigenvalue weighted by atomic mass is 19.1. The molecule has 1 N–H and O–H groups in total. The van der Waals surface area contributed by atoms with Gasteiger partial charge in [-0.3, -0.25) is 4.40 Å². The summed E-state index contributed by atoms with van der Waals surface area (Å²) in [5, 5.41) is 3.55. The number of anilines is 1. The van der Waals surface area contributed by atoms with E-state index in [1.54, 1.807) is 22.9 Å². The van der Waals surface area contributed by atoms with E-state index in [2.05, 4.69) is 15.3 Å². The fraction of sp³-hybridized carbons (Fsp3) is 0.450. The molecule has 1 saturated carbocycles. The predicted octanol–water partition coefficient (Wildman–Crippen LogP) is 3.34. The number of halogens is 1. The Kier molecular flexibility index (Phi) is 4.25. The van der Waals surface area contributed by atoms with Crippen LogP contribution in [-0.4, -0.2) is 44.4 Å². The first kappa shape index (κ1) is 17.5. The Balaban J connectivity index is 1.38. The number of hydrogen-bond donors (Lipinski definition) is 1. The average Bonchev–Trinajstić information content (AvgIpc) is 3.33. The second-order valence-corrected chi connectivity index (χ2v) is 7.47. The minimum Gasteiger partial charge on any atom is -0.367 e. The number of aromatic nitrogens is 4. The molecule has 1 spiro atoms. The summed E-state index contributed by atoms with van der Waals surface area (Å²) in [6.07, 6.45) is 8.54. The Morgan fingerprint density at radius 3 is 2.71 bits per heavy atom. The second-order valence-electron chi connectivity index (χ2n) is 7.47. The summed E-state index contributed by atoms with van der Waals surface area (Å²) < 4.78 is 26.9. The van der Waals surface area contributed by atoms with Crippen LogP contribution in [0.2, 0.25) is 0 Å². The molecule has 3 aromatic rings. The van der Waals surface area contributed by atoms with Crippen LogP contribution < -0.4 is 5.32 Å². The van der Waals surface area contributed by atoms with Gasteiger partial charge in [-0.1, -0.05) is 0 Å². The van der Waals surface area contributed by atoms with Crippen LogP contribution in [0.5, 0.6) is 0 Å². The number of pyridine rings is 1. The zero-order valence-electron chi connectivity index (χ0n) is 15.7. The van der Waals surface area contributed by atoms with Gasteiger partial charge in [-0.05, 0) is 31.9 Å². The van der Waals surface area contributed by atoms with Gasteiger partial charge in [-0.2, -0.15) is 0 Å². The molecule has 28 heavy (non-hydrogen) atoms. The highest BCUT2D eigenvalue weighted by Crippen LogP contribution is 2.36. The lowest BCUT2D eigenvalue weighted by atomic mass is 9.90. The molecule has 0 radical (unpaired) electrons. The monoisotopic (exact) mass is 383 g/mol. The minimum absolute atomic E-state index is 0.305. The number of nitrogens with zero attached hydrogens (tertiary/aromatic N) is 4. The summed E-state index contributed by atoms with van der Waals surface area (Å²) in [5.41, 5.74) is 2.29. The van der Waals surface area contributed by atoms with Crippen LogP contribution in [0.4, 0.5) is 10.2 Å². The van der Waals surface area contributed by atoms with Gasteiger partial charge in [-0.25, -0.2) is 19.3 Å². The minimum atomic E-state index is -0.370. The van der Waals surface area contributed by atoms with Gasteiger partial charge in [0.1, 0.15) is 23.0 Å². The lowest BCUT2D eigenvalue weighted by Gasteiger charge is -2.35. The SMILES string of the molecule is Cc1cnc(-c2cnc3ccc(F)cn23)nc1NC1CCC2(CC1)OCCO2. The Morgan fingerprint density at radius 1 is 1.14 bits per heavy atom. The van der Waals surface area contributed by atoms with E-state index < -0.39 is 0 Å². The molecule has 5 rings (SSSR count). The van der Waals surface area contributed by atoms with Crippen molar-refractivity contribution >= 4 is 11.5 Å². The summed E-state index contributed by atoms with van der Waals surface area (Å²) in [5.74, 6) is 0.612. The van der Waals surface area contributed by atoms with Crippen molar-refractivity contribution in [3.05, 3.63) is 42.1 Å². The van der Waals surface area contributed by atoms with E-state index in [1.807, 2.05) is 6.92 Å². The van der Waals surface area contributed by atoms with Crippen LogP contribution in [0.15, 0.2) is 30.7 Å². The number of nitrogens with one attached hydrogen (secondary N) is 1. The summed E-state index contributed by atoms with van der Waals surface area (Å²) >= 11 is 0. The van der Waals surface area contributed by atoms with Crippen molar-refractivity contribution in [2.45, 2.75) is 44.4 Å². The molecular formula is C20H22FN5O2. The molecule has 4 heterocycles. The molecule has 1 saturated heterocycles. The van der Waals surface area contributed by atoms with E-state index in [4.69, 9.17) is 14.5 Å². The topological polar surface area (TPSA) is 73.6 Å². The van der Waals surface area contributed by atoms with E-state index in [0.29, 0.717) is 36.4 Å². The van der Waals surface area contributed by atoms with Gasteiger partial charge >= 0.3 is 0 Å². The molecule has 3 aromatic heterocycles. The van der Waals surface area contributed by atoms with Gasteiger partial charge in [0.05, 0.1) is 19.4 Å². The molecule has 1 aliphatic carbocycles. The molecular weight excluding hydrogens is 361 g/mol. The number of hydrogen-bond acceptors (Lipinski definition) is 6. The van der Waals surface area contributed by atoms with Crippen molar-refractivity contribution in [3.63, 3.8) is 0 Å². The standard InChI is InChI=1S/C20H22FN5O2/c1-13-10-23-19(16-11-22-17-3-2-14(21)12-26(16)17)25-18(13)24-15-4-6-20(7-5-15)27-8-9-28-20/h2-3,10-12,15H,4-9H2,1H3,(H,23,24,25). The summed E-state index contributed by atoms with van der Waals surface area (Å²) in [4.78, 5) is 13.5. The number of aryl methyl sites for hydroxylation is 1. The molecule has 7 nitrogen and oxygen atoms in total. The Bertz CT molecular complexity index is 1000. The van der Waals surface area contributed by atoms with Gasteiger partial charge in [0.25, 0.3) is 0 Å². The lowest BCUT2D eigenvalue weighted by Crippen LogP contribution is -2.39. The van der Waals surface area contributed by atoms with Crippen LogP contribution >= 0.6 is 0 Å². The number of rotatable bonds is 3. The average molecular weight is 383 g/mol. The maximum absolute atomic E-state index is 13.7. The first-order chi connectivity index (χ1) is 13.6. The second kappa shape index (κ2) is 6.79. The molecule has 2 aliphatic rings. The number of fused-ring (bicyclic) bond motifs is 1. The molecule has 1 aliphatic heterocycles. The lowest BCUT2D eigenvalue weighted by molar-refractivity contribution is -0.177. The van der Waals surface area contributed by atoms with E-state index in [1.165, 1.54) is 12.3 Å². The molecule has 0 atom stereocenters. The summed E-state index contributed by atoms with van der Waals surface area (Å²) in [7, 11) is 0. The van der Waals surface area contributed by atoms with Crippen molar-refractivity contribution in [1.82, 2.24) is 19.4 Å². The Hall–Kier alpha value is -2.58. The van der Waals surface area contributed by atoms with Crippen LogP contribution in [0.1, 0.15) is 31.2 Å². The predicted molar refractivity (Wildman–Crippen MR) is 101 cm³/mol. The van der Waals surface area contributed by atoms with Crippen molar-refractivity contribution in [1.29, 1.82) is 0 Å². The summed E-state index contributed by atoms with van der Waals surface area (Å²) in [6.45, 7) is 3.35. The first-order valence-corrected chi connectivity index (χ1v) is 9.63. The molecule has 0 aromatic carbocycles. The zero-order valence-corrected chi connectivity index (χ0v) is 15.7. The molecule has 0 unspecified atom stereocenters. The highest BCUT2D eigenvalue weighted by Gasteiger charge is 2.40. The number of ether oxygens (including phenoxy) is 2. The molecule has 2 fully saturated rings. The van der Waals surface area contributed by atoms with E-state index >= 15 is 0 Å². The van der Waals surface area contributed by atoms with Gasteiger partial charge < -0.3 is 14.8 Å². The highest BCUT2D eigenvalue weighted by molar-refractivity contribution is 5.59. The third-order valence-electron chi connectivity index (χ3n) is 5.57. The van der Waals surface area contributed by atoms with Crippen molar-refractivity contribution < 1.29 is 13.9 Å². The van der Waals surface area contributed by atoms with Crippen LogP contribution in [0, 0.1) is 12.7 Å². The van der Waals surface area contributed by atoms with E-state index in [-0.39, 0.29) is 11.6 Å². The first-order valence-electron chi connectivity index (χ1n) is 9.63. The van der Waals surface area contributed by atoms with E-state index in [9.17, 15) is 4.39 Å². The van der Waals surface area contributed by atoms with Gasteiger partial charge in [0.15, 0.2) is 11.6 Å². The fourth-order valence-corrected chi connectivity index (χ4v) is 4.01. The quantitative estimate of drug-likeness (QED) is 0.748. The molecule has 0 bridgehead atoms. The third kappa shape index (κ3) is 3.12. The fourth-order valence-electron chi connectivity index (χ4n) is 4.01. The van der Waals surface area contributed by atoms with Gasteiger partial charge in [0.2, 0.25) is 0 Å². The summed E-state index contributed by atoms with van der Waals surface area (Å²) in [6, 6.07) is 3.33. The third-order valence-corrected chi connectivity index (χ3v) is 5.57. The molecule has 0 amide bonds. The van der Waals surface area contributed by atoms with Gasteiger partial charge in [-0.15, -0.1) is 0 Å². The van der Waals surface area contributed by atoms with Crippen LogP contribution in [0.3, 0.4) is 0 Å². The zero-order chi connectivity index (χ0) is 19.1. The molecule has 8 heteroatoms. The Labute approximate surface area is 161 Å². The Morgan fingerprint density at radius 2 is 1.93 bits per heavy atom. The number of imidazole rings is 1. The van der Waals surface area contributed by atoms with Crippen molar-refractivity contribution in [3.8, 4) is 11.5 Å². The van der Waals surface area contributed by atoms with Gasteiger partial charge in [0, 0.05) is 36.8 Å². The van der Waals surface area contributed by atoms with Crippen LogP contribution in [0.25, 0.3) is 17.2 Å². The maximum atomic E-state index is 13.7.